The van der Waals surface area contributed by atoms with E-state index in [1.165, 1.54) is 18.2 Å². The van der Waals surface area contributed by atoms with Crippen LogP contribution in [-0.4, -0.2) is 115 Å². The minimum atomic E-state index is -1.77. The van der Waals surface area contributed by atoms with Crippen molar-refractivity contribution in [2.75, 3.05) is 18.5 Å². The van der Waals surface area contributed by atoms with Crippen LogP contribution in [0.4, 0.5) is 11.4 Å². The molecule has 0 saturated carbocycles. The van der Waals surface area contributed by atoms with Gasteiger partial charge in [0.1, 0.15) is 48.8 Å². The summed E-state index contributed by atoms with van der Waals surface area (Å²) in [4.78, 5) is 10.6. The molecule has 1 aromatic carbocycles. The van der Waals surface area contributed by atoms with Gasteiger partial charge in [0.15, 0.2) is 12.5 Å². The van der Waals surface area contributed by atoms with Crippen molar-refractivity contribution in [3.05, 3.63) is 33.9 Å². The summed E-state index contributed by atoms with van der Waals surface area (Å²) in [5.41, 5.74) is 0.457. The van der Waals surface area contributed by atoms with E-state index in [9.17, 15) is 45.9 Å². The number of rotatable bonds is 7. The molecule has 33 heavy (non-hydrogen) atoms. The number of anilines is 1. The summed E-state index contributed by atoms with van der Waals surface area (Å²) in [6.07, 6.45) is -15.4. The number of nitro groups is 1. The average molecular weight is 476 g/mol. The van der Waals surface area contributed by atoms with Gasteiger partial charge in [-0.05, 0) is 13.0 Å². The first kappa shape index (κ1) is 25.6. The van der Waals surface area contributed by atoms with Crippen LogP contribution in [0.3, 0.4) is 0 Å². The molecule has 2 heterocycles. The van der Waals surface area contributed by atoms with Crippen LogP contribution in [0.1, 0.15) is 5.56 Å². The Kier molecular flexibility index (Phi) is 8.17. The van der Waals surface area contributed by atoms with Crippen molar-refractivity contribution < 1.29 is 54.9 Å². The highest BCUT2D eigenvalue weighted by atomic mass is 16.7. The van der Waals surface area contributed by atoms with Gasteiger partial charge in [0.25, 0.3) is 5.69 Å². The summed E-state index contributed by atoms with van der Waals surface area (Å²) in [5.74, 6) is 0. The Hall–Kier alpha value is -1.98. The molecule has 2 aliphatic rings. The fourth-order valence-corrected chi connectivity index (χ4v) is 3.77. The van der Waals surface area contributed by atoms with Crippen molar-refractivity contribution in [2.24, 2.45) is 0 Å². The maximum atomic E-state index is 11.2. The molecule has 8 N–H and O–H groups in total. The fourth-order valence-electron chi connectivity index (χ4n) is 3.77. The molecule has 2 aliphatic heterocycles. The Morgan fingerprint density at radius 3 is 2.24 bits per heavy atom. The first-order valence-corrected chi connectivity index (χ1v) is 10.2. The minimum Gasteiger partial charge on any atom is -0.394 e. The third-order valence-corrected chi connectivity index (χ3v) is 5.72. The van der Waals surface area contributed by atoms with Gasteiger partial charge in [-0.15, -0.1) is 0 Å². The number of aliphatic hydroxyl groups excluding tert-OH is 7. The van der Waals surface area contributed by atoms with Gasteiger partial charge in [0.2, 0.25) is 0 Å². The van der Waals surface area contributed by atoms with Gasteiger partial charge in [-0.2, -0.15) is 0 Å². The number of nitrogens with zero attached hydrogens (tertiary/aromatic N) is 1. The van der Waals surface area contributed by atoms with Crippen LogP contribution in [0.5, 0.6) is 0 Å². The minimum absolute atomic E-state index is 0.173. The molecule has 14 heteroatoms. The van der Waals surface area contributed by atoms with Crippen LogP contribution >= 0.6 is 0 Å². The van der Waals surface area contributed by atoms with E-state index in [0.29, 0.717) is 5.56 Å². The van der Waals surface area contributed by atoms with Gasteiger partial charge in [-0.3, -0.25) is 10.1 Å². The molecular formula is C19H28N2O12. The standard InChI is InChI=1S/C19H28N2O12/c1-7-2-3-8(4-9(7)21(29)30)20-18-15(27)14(26)17(11(6-23)31-18)33-19-16(28)13(25)12(24)10(5-22)32-19/h2-4,10-20,22-28H,5-6H2,1H3/t10-,11+,12-,13+,14+,15-,16-,17+,18+,19+/m0/s1. The predicted molar refractivity (Wildman–Crippen MR) is 108 cm³/mol. The Balaban J connectivity index is 1.74. The molecule has 14 nitrogen and oxygen atoms in total. The quantitative estimate of drug-likeness (QED) is 0.145. The molecule has 0 bridgehead atoms. The Morgan fingerprint density at radius 1 is 0.970 bits per heavy atom. The Morgan fingerprint density at radius 2 is 1.64 bits per heavy atom. The molecule has 0 unspecified atom stereocenters. The average Bonchev–Trinajstić information content (AvgIpc) is 2.79. The number of aliphatic hydroxyl groups is 7. The second-order valence-electron chi connectivity index (χ2n) is 7.96. The molecule has 3 rings (SSSR count). The normalized spacial score (nSPS) is 39.3. The zero-order chi connectivity index (χ0) is 24.4. The fraction of sp³-hybridized carbons (Fsp3) is 0.684. The molecule has 0 aromatic heterocycles. The largest absolute Gasteiger partial charge is 0.394 e. The molecule has 0 amide bonds. The molecule has 1 aromatic rings. The smallest absolute Gasteiger partial charge is 0.274 e. The van der Waals surface area contributed by atoms with Gasteiger partial charge in [0, 0.05) is 17.3 Å². The van der Waals surface area contributed by atoms with Crippen molar-refractivity contribution in [3.63, 3.8) is 0 Å². The maximum absolute atomic E-state index is 11.2. The maximum Gasteiger partial charge on any atom is 0.274 e. The second kappa shape index (κ2) is 10.5. The summed E-state index contributed by atoms with van der Waals surface area (Å²) in [6, 6.07) is 4.22. The van der Waals surface area contributed by atoms with E-state index >= 15 is 0 Å². The number of hydrogen-bond donors (Lipinski definition) is 8. The highest BCUT2D eigenvalue weighted by molar-refractivity contribution is 5.55. The summed E-state index contributed by atoms with van der Waals surface area (Å²) in [6.45, 7) is 0.160. The predicted octanol–water partition coefficient (Wildman–Crippen LogP) is -3.06. The topological polar surface area (TPSA) is 224 Å². The first-order valence-electron chi connectivity index (χ1n) is 10.2. The second-order valence-corrected chi connectivity index (χ2v) is 7.96. The van der Waals surface area contributed by atoms with Gasteiger partial charge in [0.05, 0.1) is 18.1 Å². The number of nitrogens with one attached hydrogen (secondary N) is 1. The van der Waals surface area contributed by atoms with Crippen LogP contribution < -0.4 is 5.32 Å². The Bertz CT molecular complexity index is 824. The van der Waals surface area contributed by atoms with Gasteiger partial charge < -0.3 is 55.3 Å². The first-order chi connectivity index (χ1) is 15.6. The Labute approximate surface area is 187 Å². The summed E-state index contributed by atoms with van der Waals surface area (Å²) < 4.78 is 16.3. The van der Waals surface area contributed by atoms with Gasteiger partial charge in [-0.25, -0.2) is 0 Å². The van der Waals surface area contributed by atoms with E-state index in [1.807, 2.05) is 0 Å². The van der Waals surface area contributed by atoms with Gasteiger partial charge >= 0.3 is 0 Å². The van der Waals surface area contributed by atoms with Crippen LogP contribution in [0.15, 0.2) is 18.2 Å². The van der Waals surface area contributed by atoms with Crippen LogP contribution in [0, 0.1) is 17.0 Å². The van der Waals surface area contributed by atoms with E-state index in [1.54, 1.807) is 6.92 Å². The molecule has 10 atom stereocenters. The van der Waals surface area contributed by atoms with Crippen molar-refractivity contribution in [1.82, 2.24) is 0 Å². The number of nitro benzene ring substituents is 1. The lowest BCUT2D eigenvalue weighted by Crippen LogP contribution is -2.65. The zero-order valence-electron chi connectivity index (χ0n) is 17.5. The highest BCUT2D eigenvalue weighted by Gasteiger charge is 2.50. The van der Waals surface area contributed by atoms with Crippen molar-refractivity contribution in [3.8, 4) is 0 Å². The van der Waals surface area contributed by atoms with E-state index in [0.717, 1.165) is 0 Å². The number of aryl methyl sites for hydroxylation is 1. The molecule has 0 spiro atoms. The lowest BCUT2D eigenvalue weighted by molar-refractivity contribution is -0.385. The lowest BCUT2D eigenvalue weighted by Gasteiger charge is -2.46. The molecular weight excluding hydrogens is 448 g/mol. The molecule has 0 aliphatic carbocycles. The molecule has 186 valence electrons. The van der Waals surface area contributed by atoms with Crippen LogP contribution in [0.25, 0.3) is 0 Å². The number of benzene rings is 1. The third-order valence-electron chi connectivity index (χ3n) is 5.72. The number of hydrogen-bond acceptors (Lipinski definition) is 13. The van der Waals surface area contributed by atoms with Crippen molar-refractivity contribution >= 4 is 11.4 Å². The summed E-state index contributed by atoms with van der Waals surface area (Å²) in [5, 5.41) is 84.0. The molecule has 2 saturated heterocycles. The van der Waals surface area contributed by atoms with E-state index in [4.69, 9.17) is 14.2 Å². The van der Waals surface area contributed by atoms with E-state index in [2.05, 4.69) is 5.32 Å². The van der Waals surface area contributed by atoms with Crippen molar-refractivity contribution in [2.45, 2.75) is 68.3 Å². The van der Waals surface area contributed by atoms with E-state index < -0.39 is 79.5 Å². The van der Waals surface area contributed by atoms with Crippen LogP contribution in [0.2, 0.25) is 0 Å². The number of ether oxygens (including phenoxy) is 3. The van der Waals surface area contributed by atoms with E-state index in [-0.39, 0.29) is 11.4 Å². The third kappa shape index (κ3) is 5.25. The lowest BCUT2D eigenvalue weighted by atomic mass is 9.96. The highest BCUT2D eigenvalue weighted by Crippen LogP contribution is 2.30. The summed E-state index contributed by atoms with van der Waals surface area (Å²) in [7, 11) is 0. The summed E-state index contributed by atoms with van der Waals surface area (Å²) >= 11 is 0. The SMILES string of the molecule is Cc1ccc(N[C@@H]2O[C@H](CO)[C@@H](O[C@H]3O[C@@H](CO)[C@H](O)[C@@H](O)[C@@H]3O)[C@H](O)[C@@H]2O)cc1[N+](=O)[O-]. The van der Waals surface area contributed by atoms with Gasteiger partial charge in [-0.1, -0.05) is 6.07 Å². The zero-order valence-corrected chi connectivity index (χ0v) is 17.5. The van der Waals surface area contributed by atoms with Crippen molar-refractivity contribution in [1.29, 1.82) is 0 Å². The molecule has 2 fully saturated rings. The molecule has 0 radical (unpaired) electrons. The van der Waals surface area contributed by atoms with Crippen LogP contribution in [-0.2, 0) is 14.2 Å². The monoisotopic (exact) mass is 476 g/mol.